The van der Waals surface area contributed by atoms with Crippen LogP contribution in [0.2, 0.25) is 0 Å². The summed E-state index contributed by atoms with van der Waals surface area (Å²) in [5, 5.41) is 5.15. The minimum Gasteiger partial charge on any atom is -0.298 e. The lowest BCUT2D eigenvalue weighted by atomic mass is 9.99. The lowest BCUT2D eigenvalue weighted by Gasteiger charge is -2.19. The van der Waals surface area contributed by atoms with Gasteiger partial charge in [0.05, 0.1) is 16.3 Å². The molecule has 3 aromatic carbocycles. The normalized spacial score (nSPS) is 11.3. The molecule has 174 valence electrons. The second kappa shape index (κ2) is 9.40. The van der Waals surface area contributed by atoms with E-state index in [2.05, 4.69) is 36.3 Å². The standard InChI is InChI=1S/C26H25N3O3S2/c1-17-13-19(3)23(14-18(17)2)24-16-33-26(27-24)28-25(30)20-9-8-12-22(15-20)34(31,32)29(4)21-10-6-5-7-11-21/h5-16H,1-4H3,(H,27,28,30). The van der Waals surface area contributed by atoms with Gasteiger partial charge in [0.2, 0.25) is 0 Å². The maximum atomic E-state index is 13.1. The summed E-state index contributed by atoms with van der Waals surface area (Å²) in [5.74, 6) is -0.419. The van der Waals surface area contributed by atoms with Crippen LogP contribution >= 0.6 is 11.3 Å². The van der Waals surface area contributed by atoms with Crippen molar-refractivity contribution in [3.63, 3.8) is 0 Å². The molecule has 0 saturated carbocycles. The molecule has 1 aromatic heterocycles. The first-order valence-corrected chi connectivity index (χ1v) is 13.0. The summed E-state index contributed by atoms with van der Waals surface area (Å²) >= 11 is 1.33. The van der Waals surface area contributed by atoms with Crippen molar-refractivity contribution in [2.75, 3.05) is 16.7 Å². The molecule has 0 fully saturated rings. The lowest BCUT2D eigenvalue weighted by molar-refractivity contribution is 0.102. The summed E-state index contributed by atoms with van der Waals surface area (Å²) in [7, 11) is -2.34. The van der Waals surface area contributed by atoms with Crippen molar-refractivity contribution in [2.24, 2.45) is 0 Å². The molecule has 0 atom stereocenters. The van der Waals surface area contributed by atoms with E-state index in [1.807, 2.05) is 18.4 Å². The Morgan fingerprint density at radius 2 is 1.62 bits per heavy atom. The van der Waals surface area contributed by atoms with E-state index in [-0.39, 0.29) is 10.5 Å². The van der Waals surface area contributed by atoms with Crippen LogP contribution < -0.4 is 9.62 Å². The average Bonchev–Trinajstić information content (AvgIpc) is 3.29. The highest BCUT2D eigenvalue weighted by Crippen LogP contribution is 2.30. The average molecular weight is 492 g/mol. The first kappa shape index (κ1) is 23.7. The molecular weight excluding hydrogens is 466 g/mol. The van der Waals surface area contributed by atoms with Crippen LogP contribution in [-0.2, 0) is 10.0 Å². The molecule has 1 heterocycles. The van der Waals surface area contributed by atoms with Crippen molar-refractivity contribution in [3.05, 3.63) is 94.4 Å². The largest absolute Gasteiger partial charge is 0.298 e. The number of rotatable bonds is 6. The summed E-state index contributed by atoms with van der Waals surface area (Å²) in [5.41, 5.74) is 6.11. The number of hydrogen-bond donors (Lipinski definition) is 1. The third-order valence-electron chi connectivity index (χ3n) is 5.72. The van der Waals surface area contributed by atoms with Gasteiger partial charge in [-0.1, -0.05) is 30.3 Å². The molecule has 1 amide bonds. The number of anilines is 2. The van der Waals surface area contributed by atoms with Crippen molar-refractivity contribution in [1.82, 2.24) is 4.98 Å². The van der Waals surface area contributed by atoms with Gasteiger partial charge in [-0.15, -0.1) is 11.3 Å². The molecule has 0 aliphatic heterocycles. The van der Waals surface area contributed by atoms with Gasteiger partial charge in [-0.25, -0.2) is 13.4 Å². The maximum Gasteiger partial charge on any atom is 0.264 e. The van der Waals surface area contributed by atoms with Crippen LogP contribution in [0.1, 0.15) is 27.0 Å². The molecule has 0 unspecified atom stereocenters. The van der Waals surface area contributed by atoms with E-state index in [0.29, 0.717) is 10.8 Å². The smallest absolute Gasteiger partial charge is 0.264 e. The van der Waals surface area contributed by atoms with Crippen LogP contribution in [0.3, 0.4) is 0 Å². The number of carbonyl (C=O) groups is 1. The van der Waals surface area contributed by atoms with Crippen molar-refractivity contribution < 1.29 is 13.2 Å². The number of nitrogens with one attached hydrogen (secondary N) is 1. The Morgan fingerprint density at radius 3 is 2.35 bits per heavy atom. The summed E-state index contributed by atoms with van der Waals surface area (Å²) in [6.07, 6.45) is 0. The minimum absolute atomic E-state index is 0.0390. The predicted octanol–water partition coefficient (Wildman–Crippen LogP) is 5.81. The van der Waals surface area contributed by atoms with E-state index in [9.17, 15) is 13.2 Å². The number of para-hydroxylation sites is 1. The van der Waals surface area contributed by atoms with Gasteiger partial charge in [-0.05, 0) is 73.9 Å². The lowest BCUT2D eigenvalue weighted by Crippen LogP contribution is -2.26. The van der Waals surface area contributed by atoms with Crippen LogP contribution in [-0.4, -0.2) is 26.4 Å². The predicted molar refractivity (Wildman–Crippen MR) is 138 cm³/mol. The fourth-order valence-corrected chi connectivity index (χ4v) is 5.54. The van der Waals surface area contributed by atoms with Gasteiger partial charge in [-0.2, -0.15) is 0 Å². The van der Waals surface area contributed by atoms with Gasteiger partial charge >= 0.3 is 0 Å². The number of carbonyl (C=O) groups excluding carboxylic acids is 1. The molecule has 0 aliphatic rings. The van der Waals surface area contributed by atoms with Crippen LogP contribution in [0.25, 0.3) is 11.3 Å². The van der Waals surface area contributed by atoms with E-state index < -0.39 is 15.9 Å². The van der Waals surface area contributed by atoms with Gasteiger partial charge in [-0.3, -0.25) is 14.4 Å². The fourth-order valence-electron chi connectivity index (χ4n) is 3.59. The van der Waals surface area contributed by atoms with Gasteiger partial charge in [0.1, 0.15) is 0 Å². The summed E-state index contributed by atoms with van der Waals surface area (Å²) in [4.78, 5) is 17.5. The second-order valence-electron chi connectivity index (χ2n) is 8.08. The van der Waals surface area contributed by atoms with Gasteiger partial charge in [0, 0.05) is 23.6 Å². The zero-order chi connectivity index (χ0) is 24.5. The quantitative estimate of drug-likeness (QED) is 0.369. The molecule has 0 radical (unpaired) electrons. The Balaban J connectivity index is 1.55. The van der Waals surface area contributed by atoms with E-state index in [1.54, 1.807) is 36.4 Å². The second-order valence-corrected chi connectivity index (χ2v) is 10.9. The number of hydrogen-bond acceptors (Lipinski definition) is 5. The van der Waals surface area contributed by atoms with Crippen molar-refractivity contribution in [1.29, 1.82) is 0 Å². The van der Waals surface area contributed by atoms with E-state index in [0.717, 1.165) is 16.8 Å². The van der Waals surface area contributed by atoms with Crippen LogP contribution in [0, 0.1) is 20.8 Å². The van der Waals surface area contributed by atoms with Crippen molar-refractivity contribution in [2.45, 2.75) is 25.7 Å². The highest BCUT2D eigenvalue weighted by atomic mass is 32.2. The van der Waals surface area contributed by atoms with E-state index in [4.69, 9.17) is 0 Å². The topological polar surface area (TPSA) is 79.4 Å². The first-order valence-electron chi connectivity index (χ1n) is 10.7. The number of amides is 1. The van der Waals surface area contributed by atoms with Gasteiger partial charge in [0.15, 0.2) is 5.13 Å². The zero-order valence-corrected chi connectivity index (χ0v) is 21.0. The van der Waals surface area contributed by atoms with Gasteiger partial charge < -0.3 is 0 Å². The summed E-state index contributed by atoms with van der Waals surface area (Å²) in [6, 6.07) is 19.0. The van der Waals surface area contributed by atoms with E-state index >= 15 is 0 Å². The third kappa shape index (κ3) is 4.73. The van der Waals surface area contributed by atoms with Gasteiger partial charge in [0.25, 0.3) is 15.9 Å². The number of aromatic nitrogens is 1. The summed E-state index contributed by atoms with van der Waals surface area (Å²) < 4.78 is 27.4. The minimum atomic E-state index is -3.82. The molecule has 6 nitrogen and oxygen atoms in total. The Hall–Kier alpha value is -3.49. The molecule has 1 N–H and O–H groups in total. The SMILES string of the molecule is Cc1cc(C)c(-c2csc(NC(=O)c3cccc(S(=O)(=O)N(C)c4ccccc4)c3)n2)cc1C. The van der Waals surface area contributed by atoms with Crippen molar-refractivity contribution >= 4 is 38.1 Å². The molecule has 0 bridgehead atoms. The number of thiazole rings is 1. The highest BCUT2D eigenvalue weighted by molar-refractivity contribution is 7.92. The third-order valence-corrected chi connectivity index (χ3v) is 8.25. The first-order chi connectivity index (χ1) is 16.2. The molecule has 4 rings (SSSR count). The van der Waals surface area contributed by atoms with Crippen molar-refractivity contribution in [3.8, 4) is 11.3 Å². The van der Waals surface area contributed by atoms with Crippen LogP contribution in [0.15, 0.2) is 77.0 Å². The van der Waals surface area contributed by atoms with Crippen LogP contribution in [0.4, 0.5) is 10.8 Å². The zero-order valence-electron chi connectivity index (χ0n) is 19.4. The number of benzene rings is 3. The maximum absolute atomic E-state index is 13.1. The molecule has 0 spiro atoms. The molecule has 8 heteroatoms. The molecule has 0 aliphatic carbocycles. The fraction of sp³-hybridized carbons (Fsp3) is 0.154. The summed E-state index contributed by atoms with van der Waals surface area (Å²) in [6.45, 7) is 6.17. The molecule has 0 saturated heterocycles. The monoisotopic (exact) mass is 491 g/mol. The molecule has 34 heavy (non-hydrogen) atoms. The molecule has 4 aromatic rings. The Bertz CT molecular complexity index is 1460. The van der Waals surface area contributed by atoms with Crippen LogP contribution in [0.5, 0.6) is 0 Å². The molecular formula is C26H25N3O3S2. The number of nitrogens with zero attached hydrogens (tertiary/aromatic N) is 2. The Morgan fingerprint density at radius 1 is 0.912 bits per heavy atom. The number of sulfonamides is 1. The Labute approximate surface area is 204 Å². The number of aryl methyl sites for hydroxylation is 3. The Kier molecular flexibility index (Phi) is 6.54. The highest BCUT2D eigenvalue weighted by Gasteiger charge is 2.22. The van der Waals surface area contributed by atoms with E-state index in [1.165, 1.54) is 45.9 Å².